The molecule has 0 radical (unpaired) electrons. The van der Waals surface area contributed by atoms with E-state index in [0.717, 1.165) is 11.8 Å². The van der Waals surface area contributed by atoms with Crippen LogP contribution in [-0.2, 0) is 11.2 Å². The number of furan rings is 1. The van der Waals surface area contributed by atoms with Crippen LogP contribution in [0.3, 0.4) is 0 Å². The average molecular weight is 344 g/mol. The Morgan fingerprint density at radius 2 is 1.60 bits per heavy atom. The monoisotopic (exact) mass is 344 g/mol. The van der Waals surface area contributed by atoms with Gasteiger partial charge in [-0.2, -0.15) is 0 Å². The maximum atomic E-state index is 11.7. The van der Waals surface area contributed by atoms with E-state index in [0.29, 0.717) is 6.42 Å². The standard InChI is InChI=1S/C14H12O5.2C3H6/c1-18-14(17)12-10(13(15)16)8-19-11(12)7-9-5-3-2-4-6-9;2*1-2-3-1/h2-6,8H,7H2,1H3,(H,15,16);2*1-3H2. The number of hydrogen-bond donors (Lipinski definition) is 1. The third-order valence-corrected chi connectivity index (χ3v) is 3.40. The van der Waals surface area contributed by atoms with Gasteiger partial charge in [-0.25, -0.2) is 9.59 Å². The van der Waals surface area contributed by atoms with Crippen LogP contribution in [0, 0.1) is 0 Å². The summed E-state index contributed by atoms with van der Waals surface area (Å²) in [5.74, 6) is -1.64. The van der Waals surface area contributed by atoms with Crippen molar-refractivity contribution in [3.8, 4) is 0 Å². The van der Waals surface area contributed by atoms with Gasteiger partial charge >= 0.3 is 11.9 Å². The molecule has 4 rings (SSSR count). The number of carbonyl (C=O) groups excluding carboxylic acids is 1. The van der Waals surface area contributed by atoms with E-state index in [9.17, 15) is 9.59 Å². The van der Waals surface area contributed by atoms with Gasteiger partial charge in [-0.1, -0.05) is 68.9 Å². The van der Waals surface area contributed by atoms with Gasteiger partial charge in [-0.05, 0) is 5.56 Å². The topological polar surface area (TPSA) is 76.7 Å². The molecule has 0 unspecified atom stereocenters. The molecule has 0 atom stereocenters. The van der Waals surface area contributed by atoms with Crippen molar-refractivity contribution in [2.75, 3.05) is 7.11 Å². The van der Waals surface area contributed by atoms with Crippen molar-refractivity contribution in [2.45, 2.75) is 44.9 Å². The van der Waals surface area contributed by atoms with Crippen LogP contribution in [0.15, 0.2) is 41.0 Å². The predicted octanol–water partition coefficient (Wildman–Crippen LogP) is 4.70. The van der Waals surface area contributed by atoms with E-state index in [1.165, 1.54) is 45.6 Å². The number of rotatable bonds is 4. The zero-order valence-electron chi connectivity index (χ0n) is 14.5. The highest BCUT2D eigenvalue weighted by molar-refractivity contribution is 6.03. The molecule has 1 N–H and O–H groups in total. The van der Waals surface area contributed by atoms with Crippen LogP contribution in [0.4, 0.5) is 0 Å². The number of carbonyl (C=O) groups is 2. The van der Waals surface area contributed by atoms with Crippen LogP contribution in [0.1, 0.15) is 70.6 Å². The average Bonchev–Trinajstić information content (AvgIpc) is 3.50. The Balaban J connectivity index is 0.000000313. The molecule has 2 aliphatic carbocycles. The second kappa shape index (κ2) is 9.67. The second-order valence-corrected chi connectivity index (χ2v) is 6.03. The Labute approximate surface area is 147 Å². The van der Waals surface area contributed by atoms with E-state index in [1.54, 1.807) is 0 Å². The van der Waals surface area contributed by atoms with E-state index in [1.807, 2.05) is 30.3 Å². The first-order valence-corrected chi connectivity index (χ1v) is 8.59. The van der Waals surface area contributed by atoms with Gasteiger partial charge in [0.05, 0.1) is 7.11 Å². The number of hydrogen-bond acceptors (Lipinski definition) is 4. The minimum Gasteiger partial charge on any atom is -0.478 e. The Morgan fingerprint density at radius 3 is 2.04 bits per heavy atom. The maximum absolute atomic E-state index is 11.7. The number of carboxylic acid groups (broad SMARTS) is 1. The maximum Gasteiger partial charge on any atom is 0.342 e. The van der Waals surface area contributed by atoms with E-state index in [4.69, 9.17) is 9.52 Å². The van der Waals surface area contributed by atoms with Gasteiger partial charge in [0.2, 0.25) is 0 Å². The summed E-state index contributed by atoms with van der Waals surface area (Å²) in [4.78, 5) is 22.7. The Morgan fingerprint density at radius 1 is 1.04 bits per heavy atom. The van der Waals surface area contributed by atoms with Crippen LogP contribution in [0.5, 0.6) is 0 Å². The van der Waals surface area contributed by atoms with Gasteiger partial charge in [0.1, 0.15) is 23.2 Å². The van der Waals surface area contributed by atoms with Gasteiger partial charge in [0, 0.05) is 6.42 Å². The van der Waals surface area contributed by atoms with Gasteiger partial charge in [-0.15, -0.1) is 0 Å². The molecular weight excluding hydrogens is 320 g/mol. The lowest BCUT2D eigenvalue weighted by Gasteiger charge is -2.02. The van der Waals surface area contributed by atoms with Gasteiger partial charge in [0.25, 0.3) is 0 Å². The molecule has 2 fully saturated rings. The molecule has 5 heteroatoms. The number of methoxy groups -OCH3 is 1. The van der Waals surface area contributed by atoms with Crippen LogP contribution >= 0.6 is 0 Å². The highest BCUT2D eigenvalue weighted by Gasteiger charge is 2.25. The number of ether oxygens (including phenoxy) is 1. The molecule has 0 spiro atoms. The van der Waals surface area contributed by atoms with Crippen LogP contribution in [0.2, 0.25) is 0 Å². The second-order valence-electron chi connectivity index (χ2n) is 6.03. The summed E-state index contributed by atoms with van der Waals surface area (Å²) >= 11 is 0. The lowest BCUT2D eigenvalue weighted by atomic mass is 10.0. The van der Waals surface area contributed by atoms with E-state index < -0.39 is 11.9 Å². The molecule has 0 saturated heterocycles. The number of carboxylic acids is 1. The SMILES string of the molecule is C1CC1.C1CC1.COC(=O)c1c(C(=O)O)coc1Cc1ccccc1. The van der Waals surface area contributed by atoms with Crippen LogP contribution in [0.25, 0.3) is 0 Å². The van der Waals surface area contributed by atoms with Gasteiger partial charge < -0.3 is 14.3 Å². The van der Waals surface area contributed by atoms with Gasteiger partial charge in [0.15, 0.2) is 0 Å². The summed E-state index contributed by atoms with van der Waals surface area (Å²) in [7, 11) is 1.20. The fourth-order valence-corrected chi connectivity index (χ4v) is 1.79. The minimum atomic E-state index is -1.22. The molecule has 25 heavy (non-hydrogen) atoms. The van der Waals surface area contributed by atoms with Crippen molar-refractivity contribution in [1.29, 1.82) is 0 Å². The summed E-state index contributed by atoms with van der Waals surface area (Å²) in [5, 5.41) is 9.02. The third kappa shape index (κ3) is 6.83. The quantitative estimate of drug-likeness (QED) is 0.814. The molecule has 0 bridgehead atoms. The third-order valence-electron chi connectivity index (χ3n) is 3.40. The summed E-state index contributed by atoms with van der Waals surface area (Å²) in [6, 6.07) is 9.31. The molecule has 2 aliphatic rings. The van der Waals surface area contributed by atoms with Crippen molar-refractivity contribution < 1.29 is 23.8 Å². The van der Waals surface area contributed by atoms with Gasteiger partial charge in [-0.3, -0.25) is 0 Å². The van der Waals surface area contributed by atoms with Crippen molar-refractivity contribution in [1.82, 2.24) is 0 Å². The summed E-state index contributed by atoms with van der Waals surface area (Å²) in [6.45, 7) is 0. The van der Waals surface area contributed by atoms with E-state index >= 15 is 0 Å². The summed E-state index contributed by atoms with van der Waals surface area (Å²) < 4.78 is 9.80. The predicted molar refractivity (Wildman–Crippen MR) is 94.0 cm³/mol. The van der Waals surface area contributed by atoms with Crippen LogP contribution < -0.4 is 0 Å². The first-order valence-electron chi connectivity index (χ1n) is 8.59. The molecule has 1 aromatic heterocycles. The molecular formula is C20H24O5. The van der Waals surface area contributed by atoms with Crippen LogP contribution in [-0.4, -0.2) is 24.2 Å². The van der Waals surface area contributed by atoms with Crippen molar-refractivity contribution in [3.05, 3.63) is 59.0 Å². The van der Waals surface area contributed by atoms with Crippen molar-refractivity contribution in [2.24, 2.45) is 0 Å². The lowest BCUT2D eigenvalue weighted by molar-refractivity contribution is 0.0582. The highest BCUT2D eigenvalue weighted by atomic mass is 16.5. The largest absolute Gasteiger partial charge is 0.478 e. The fraction of sp³-hybridized carbons (Fsp3) is 0.400. The Hall–Kier alpha value is -2.56. The summed E-state index contributed by atoms with van der Waals surface area (Å²) in [5.41, 5.74) is 0.704. The molecule has 0 aliphatic heterocycles. The van der Waals surface area contributed by atoms with Crippen molar-refractivity contribution in [3.63, 3.8) is 0 Å². The molecule has 1 aromatic carbocycles. The molecule has 2 aromatic rings. The summed E-state index contributed by atoms with van der Waals surface area (Å²) in [6.07, 6.45) is 10.4. The molecule has 134 valence electrons. The molecule has 2 saturated carbocycles. The van der Waals surface area contributed by atoms with E-state index in [2.05, 4.69) is 4.74 Å². The Kier molecular flexibility index (Phi) is 7.26. The first-order chi connectivity index (χ1) is 12.1. The lowest BCUT2D eigenvalue weighted by Crippen LogP contribution is -2.10. The first kappa shape index (κ1) is 18.8. The fourth-order valence-electron chi connectivity index (χ4n) is 1.79. The molecule has 1 heterocycles. The van der Waals surface area contributed by atoms with E-state index in [-0.39, 0.29) is 16.9 Å². The number of esters is 1. The number of benzene rings is 1. The van der Waals surface area contributed by atoms with Crippen molar-refractivity contribution >= 4 is 11.9 Å². The Bertz CT molecular complexity index is 672. The normalized spacial score (nSPS) is 13.5. The smallest absolute Gasteiger partial charge is 0.342 e. The minimum absolute atomic E-state index is 0.0288. The molecule has 0 amide bonds. The molecule has 5 nitrogen and oxygen atoms in total. The zero-order chi connectivity index (χ0) is 18.1. The number of aromatic carboxylic acids is 1. The highest BCUT2D eigenvalue weighted by Crippen LogP contribution is 2.21. The zero-order valence-corrected chi connectivity index (χ0v) is 14.5.